The molecular weight excluding hydrogens is 326 g/mol. The standard InChI is InChI=1S/C12H16ClFN2O2S.ClH/c13-8-1-6-11(14)12(7-8)19(17,18)16-10-4-2-9(15)3-5-10;/h1,6-7,9-10,16H,2-5,15H2;1H. The van der Waals surface area contributed by atoms with Crippen LogP contribution in [0.5, 0.6) is 0 Å². The number of rotatable bonds is 3. The third-order valence-corrected chi connectivity index (χ3v) is 5.05. The maximum absolute atomic E-state index is 13.6. The van der Waals surface area contributed by atoms with E-state index < -0.39 is 20.7 Å². The van der Waals surface area contributed by atoms with Crippen molar-refractivity contribution in [2.75, 3.05) is 0 Å². The number of nitrogens with one attached hydrogen (secondary N) is 1. The van der Waals surface area contributed by atoms with Gasteiger partial charge in [-0.1, -0.05) is 11.6 Å². The smallest absolute Gasteiger partial charge is 0.243 e. The summed E-state index contributed by atoms with van der Waals surface area (Å²) in [6.45, 7) is 0. The summed E-state index contributed by atoms with van der Waals surface area (Å²) < 4.78 is 40.3. The van der Waals surface area contributed by atoms with E-state index >= 15 is 0 Å². The molecule has 3 N–H and O–H groups in total. The van der Waals surface area contributed by atoms with Gasteiger partial charge in [0, 0.05) is 17.1 Å². The molecule has 114 valence electrons. The van der Waals surface area contributed by atoms with E-state index in [9.17, 15) is 12.8 Å². The van der Waals surface area contributed by atoms with Crippen molar-refractivity contribution >= 4 is 34.0 Å². The molecule has 20 heavy (non-hydrogen) atoms. The highest BCUT2D eigenvalue weighted by Crippen LogP contribution is 2.22. The summed E-state index contributed by atoms with van der Waals surface area (Å²) in [5.74, 6) is -0.801. The molecule has 1 aromatic rings. The lowest BCUT2D eigenvalue weighted by Gasteiger charge is -2.26. The minimum Gasteiger partial charge on any atom is -0.328 e. The molecule has 1 aliphatic carbocycles. The molecule has 4 nitrogen and oxygen atoms in total. The van der Waals surface area contributed by atoms with Crippen molar-refractivity contribution in [2.45, 2.75) is 42.7 Å². The summed E-state index contributed by atoms with van der Waals surface area (Å²) in [5.41, 5.74) is 5.76. The predicted molar refractivity (Wildman–Crippen MR) is 79.2 cm³/mol. The molecule has 1 aromatic carbocycles. The maximum atomic E-state index is 13.6. The van der Waals surface area contributed by atoms with Crippen LogP contribution in [-0.4, -0.2) is 20.5 Å². The molecule has 2 rings (SSSR count). The van der Waals surface area contributed by atoms with Crippen molar-refractivity contribution in [1.82, 2.24) is 4.72 Å². The molecule has 0 heterocycles. The summed E-state index contributed by atoms with van der Waals surface area (Å²) in [4.78, 5) is -0.408. The first kappa shape index (κ1) is 17.7. The molecule has 1 fully saturated rings. The fourth-order valence-corrected chi connectivity index (χ4v) is 3.85. The van der Waals surface area contributed by atoms with E-state index in [2.05, 4.69) is 4.72 Å². The van der Waals surface area contributed by atoms with Gasteiger partial charge >= 0.3 is 0 Å². The average molecular weight is 343 g/mol. The van der Waals surface area contributed by atoms with E-state index in [0.29, 0.717) is 12.8 Å². The molecule has 1 aliphatic rings. The SMILES string of the molecule is Cl.NC1CCC(NS(=O)(=O)c2cc(Cl)ccc2F)CC1. The molecule has 0 radical (unpaired) electrons. The molecule has 0 spiro atoms. The molecule has 1 saturated carbocycles. The maximum Gasteiger partial charge on any atom is 0.243 e. The van der Waals surface area contributed by atoms with Gasteiger partial charge in [0.15, 0.2) is 0 Å². The lowest BCUT2D eigenvalue weighted by molar-refractivity contribution is 0.373. The largest absolute Gasteiger partial charge is 0.328 e. The summed E-state index contributed by atoms with van der Waals surface area (Å²) in [7, 11) is -3.88. The minimum atomic E-state index is -3.88. The Balaban J connectivity index is 0.00000200. The van der Waals surface area contributed by atoms with E-state index in [4.69, 9.17) is 17.3 Å². The molecule has 0 aliphatic heterocycles. The van der Waals surface area contributed by atoms with Crippen LogP contribution in [0.15, 0.2) is 23.1 Å². The Morgan fingerprint density at radius 1 is 1.25 bits per heavy atom. The second-order valence-corrected chi connectivity index (χ2v) is 6.93. The van der Waals surface area contributed by atoms with Gasteiger partial charge in [-0.25, -0.2) is 17.5 Å². The Kier molecular flexibility index (Phi) is 6.22. The first-order valence-corrected chi connectivity index (χ1v) is 7.97. The number of hydrogen-bond acceptors (Lipinski definition) is 3. The van der Waals surface area contributed by atoms with Crippen molar-refractivity contribution in [3.8, 4) is 0 Å². The molecule has 0 saturated heterocycles. The van der Waals surface area contributed by atoms with Crippen LogP contribution >= 0.6 is 24.0 Å². The van der Waals surface area contributed by atoms with Gasteiger partial charge in [-0.2, -0.15) is 0 Å². The van der Waals surface area contributed by atoms with Crippen LogP contribution in [-0.2, 0) is 10.0 Å². The summed E-state index contributed by atoms with van der Waals surface area (Å²) in [5, 5.41) is 0.187. The Labute approximate surface area is 129 Å². The fraction of sp³-hybridized carbons (Fsp3) is 0.500. The van der Waals surface area contributed by atoms with E-state index in [-0.39, 0.29) is 29.5 Å². The van der Waals surface area contributed by atoms with Gasteiger partial charge in [-0.3, -0.25) is 0 Å². The van der Waals surface area contributed by atoms with Gasteiger partial charge in [-0.05, 0) is 43.9 Å². The second kappa shape index (κ2) is 7.04. The number of hydrogen-bond donors (Lipinski definition) is 2. The Morgan fingerprint density at radius 2 is 1.85 bits per heavy atom. The topological polar surface area (TPSA) is 72.2 Å². The Morgan fingerprint density at radius 3 is 2.45 bits per heavy atom. The van der Waals surface area contributed by atoms with Gasteiger partial charge in [-0.15, -0.1) is 12.4 Å². The average Bonchev–Trinajstić information content (AvgIpc) is 2.35. The highest BCUT2D eigenvalue weighted by Gasteiger charge is 2.26. The van der Waals surface area contributed by atoms with Gasteiger partial charge in [0.25, 0.3) is 0 Å². The molecule has 0 atom stereocenters. The van der Waals surface area contributed by atoms with E-state index in [0.717, 1.165) is 25.0 Å². The highest BCUT2D eigenvalue weighted by molar-refractivity contribution is 7.89. The normalized spacial score (nSPS) is 23.1. The lowest BCUT2D eigenvalue weighted by atomic mass is 9.93. The number of nitrogens with two attached hydrogens (primary N) is 1. The monoisotopic (exact) mass is 342 g/mol. The van der Waals surface area contributed by atoms with Crippen LogP contribution in [0.2, 0.25) is 5.02 Å². The van der Waals surface area contributed by atoms with Crippen LogP contribution in [0.4, 0.5) is 4.39 Å². The van der Waals surface area contributed by atoms with Gasteiger partial charge in [0.2, 0.25) is 10.0 Å². The minimum absolute atomic E-state index is 0. The predicted octanol–water partition coefficient (Wildman–Crippen LogP) is 2.45. The number of benzene rings is 1. The Hall–Kier alpha value is -0.400. The zero-order valence-electron chi connectivity index (χ0n) is 10.7. The zero-order valence-corrected chi connectivity index (χ0v) is 13.1. The van der Waals surface area contributed by atoms with Gasteiger partial charge in [0.1, 0.15) is 10.7 Å². The molecule has 8 heteroatoms. The van der Waals surface area contributed by atoms with Crippen molar-refractivity contribution in [3.05, 3.63) is 29.0 Å². The fourth-order valence-electron chi connectivity index (χ4n) is 2.20. The Bertz CT molecular complexity index is 561. The summed E-state index contributed by atoms with van der Waals surface area (Å²) in [6, 6.07) is 3.42. The number of sulfonamides is 1. The van der Waals surface area contributed by atoms with Crippen molar-refractivity contribution in [1.29, 1.82) is 0 Å². The van der Waals surface area contributed by atoms with Crippen molar-refractivity contribution in [2.24, 2.45) is 5.73 Å². The van der Waals surface area contributed by atoms with Crippen LogP contribution in [0.3, 0.4) is 0 Å². The van der Waals surface area contributed by atoms with Gasteiger partial charge in [0.05, 0.1) is 0 Å². The molecular formula is C12H17Cl2FN2O2S. The van der Waals surface area contributed by atoms with E-state index in [1.807, 2.05) is 0 Å². The van der Waals surface area contributed by atoms with E-state index in [1.165, 1.54) is 6.07 Å². The zero-order chi connectivity index (χ0) is 14.0. The molecule has 0 amide bonds. The summed E-state index contributed by atoms with van der Waals surface area (Å²) in [6.07, 6.45) is 2.88. The molecule has 0 bridgehead atoms. The molecule has 0 unspecified atom stereocenters. The van der Waals surface area contributed by atoms with Crippen LogP contribution in [0, 0.1) is 5.82 Å². The van der Waals surface area contributed by atoms with Crippen LogP contribution < -0.4 is 10.5 Å². The van der Waals surface area contributed by atoms with E-state index in [1.54, 1.807) is 0 Å². The van der Waals surface area contributed by atoms with Crippen molar-refractivity contribution in [3.63, 3.8) is 0 Å². The van der Waals surface area contributed by atoms with Crippen molar-refractivity contribution < 1.29 is 12.8 Å². The highest BCUT2D eigenvalue weighted by atomic mass is 35.5. The lowest BCUT2D eigenvalue weighted by Crippen LogP contribution is -2.40. The van der Waals surface area contributed by atoms with Crippen LogP contribution in [0.1, 0.15) is 25.7 Å². The first-order valence-electron chi connectivity index (χ1n) is 6.11. The third kappa shape index (κ3) is 4.30. The quantitative estimate of drug-likeness (QED) is 0.886. The first-order chi connectivity index (χ1) is 8.88. The van der Waals surface area contributed by atoms with Crippen LogP contribution in [0.25, 0.3) is 0 Å². The summed E-state index contributed by atoms with van der Waals surface area (Å²) >= 11 is 5.71. The third-order valence-electron chi connectivity index (χ3n) is 3.28. The molecule has 0 aromatic heterocycles. The number of halogens is 3. The van der Waals surface area contributed by atoms with Gasteiger partial charge < -0.3 is 5.73 Å². The second-order valence-electron chi connectivity index (χ2n) is 4.81.